The molecule has 6 heteroatoms. The fraction of sp³-hybridized carbons (Fsp3) is 0.100. The average Bonchev–Trinajstić information content (AvgIpc) is 3.12. The summed E-state index contributed by atoms with van der Waals surface area (Å²) in [5.41, 5.74) is 4.11. The van der Waals surface area contributed by atoms with Gasteiger partial charge in [-0.05, 0) is 11.1 Å². The van der Waals surface area contributed by atoms with E-state index in [-0.39, 0.29) is 13.1 Å². The van der Waals surface area contributed by atoms with Gasteiger partial charge in [-0.2, -0.15) is 0 Å². The quantitative estimate of drug-likeness (QED) is 0.391. The molecule has 135 valence electrons. The summed E-state index contributed by atoms with van der Waals surface area (Å²) in [7, 11) is 9.53. The van der Waals surface area contributed by atoms with Crippen molar-refractivity contribution < 1.29 is 13.1 Å². The van der Waals surface area contributed by atoms with Crippen LogP contribution in [0.15, 0.2) is 82.8 Å². The predicted octanol–water partition coefficient (Wildman–Crippen LogP) is 5.26. The molecule has 0 aliphatic rings. The number of halogens is 2. The number of rotatable bonds is 6. The first-order valence-corrected chi connectivity index (χ1v) is 10.9. The number of nitrogens with zero attached hydrogens (tertiary/aromatic N) is 3. The molecule has 3 rings (SSSR count). The van der Waals surface area contributed by atoms with E-state index < -0.39 is 0 Å². The van der Waals surface area contributed by atoms with Crippen molar-refractivity contribution in [3.63, 3.8) is 0 Å². The maximum absolute atomic E-state index is 4.76. The Hall–Kier alpha value is -1.84. The van der Waals surface area contributed by atoms with Crippen molar-refractivity contribution >= 4 is 32.6 Å². The van der Waals surface area contributed by atoms with E-state index in [9.17, 15) is 0 Å². The van der Waals surface area contributed by atoms with Gasteiger partial charge in [0, 0.05) is 12.4 Å². The molecule has 0 bridgehead atoms. The van der Waals surface area contributed by atoms with Crippen LogP contribution in [0.2, 0.25) is 0 Å². The summed E-state index contributed by atoms with van der Waals surface area (Å²) < 4.78 is 0. The van der Waals surface area contributed by atoms with Crippen LogP contribution < -0.4 is 4.98 Å². The van der Waals surface area contributed by atoms with Gasteiger partial charge in [-0.25, -0.2) is 0 Å². The van der Waals surface area contributed by atoms with Gasteiger partial charge in [0.25, 0.3) is 0 Å². The van der Waals surface area contributed by atoms with Crippen LogP contribution in [0.1, 0.15) is 22.5 Å². The molecule has 0 unspecified atom stereocenters. The zero-order chi connectivity index (χ0) is 18.5. The van der Waals surface area contributed by atoms with Crippen LogP contribution in [0.25, 0.3) is 0 Å². The molecule has 3 nitrogen and oxygen atoms in total. The Morgan fingerprint density at radius 2 is 1.08 bits per heavy atom. The van der Waals surface area contributed by atoms with Crippen molar-refractivity contribution in [2.24, 2.45) is 9.98 Å². The second-order valence-corrected chi connectivity index (χ2v) is 7.08. The molecule has 0 saturated heterocycles. The first-order valence-electron chi connectivity index (χ1n) is 7.88. The fourth-order valence-corrected chi connectivity index (χ4v) is 2.19. The van der Waals surface area contributed by atoms with Crippen LogP contribution in [-0.2, 0) is 26.2 Å². The van der Waals surface area contributed by atoms with Crippen LogP contribution in [0.4, 0.5) is 0 Å². The van der Waals surface area contributed by atoms with Crippen LogP contribution >= 0.6 is 20.2 Å². The van der Waals surface area contributed by atoms with E-state index in [1.54, 1.807) is 0 Å². The van der Waals surface area contributed by atoms with Gasteiger partial charge in [-0.15, -0.1) is 11.4 Å². The van der Waals surface area contributed by atoms with Gasteiger partial charge in [-0.3, -0.25) is 9.98 Å². The summed E-state index contributed by atoms with van der Waals surface area (Å²) in [4.78, 5) is 13.3. The van der Waals surface area contributed by atoms with Gasteiger partial charge in [0.1, 0.15) is 0 Å². The zero-order valence-corrected chi connectivity index (χ0v) is 16.6. The third kappa shape index (κ3) is 8.03. The van der Waals surface area contributed by atoms with Crippen LogP contribution in [0, 0.1) is 0 Å². The van der Waals surface area contributed by atoms with Gasteiger partial charge >= 0.3 is 33.3 Å². The number of hydrogen-bond donors (Lipinski definition) is 0. The molecule has 1 heterocycles. The molecule has 3 aromatic rings. The Labute approximate surface area is 168 Å². The molecule has 0 atom stereocenters. The molecule has 2 aromatic carbocycles. The first kappa shape index (κ1) is 20.5. The molecule has 0 N–H and O–H groups in total. The van der Waals surface area contributed by atoms with Crippen LogP contribution in [0.5, 0.6) is 0 Å². The fourth-order valence-electron chi connectivity index (χ4n) is 2.19. The minimum atomic E-state index is 0.194. The molecule has 1 aromatic heterocycles. The Balaban J connectivity index is 0.000000758. The number of aromatic nitrogens is 1. The Bertz CT molecular complexity index is 736. The molecule has 0 spiro atoms. The zero-order valence-electron chi connectivity index (χ0n) is 13.9. The van der Waals surface area contributed by atoms with Gasteiger partial charge in [0.05, 0.1) is 13.1 Å². The second-order valence-electron chi connectivity index (χ2n) is 5.26. The number of hydrogen-bond acceptors (Lipinski definition) is 2. The van der Waals surface area contributed by atoms with E-state index >= 15 is 0 Å². The van der Waals surface area contributed by atoms with Crippen LogP contribution in [0.3, 0.4) is 0 Å². The first-order chi connectivity index (χ1) is 12.8. The summed E-state index contributed by atoms with van der Waals surface area (Å²) >= 11 is 0.194. The predicted molar refractivity (Wildman–Crippen MR) is 107 cm³/mol. The second kappa shape index (κ2) is 12.5. The molecule has 0 radical (unpaired) electrons. The van der Waals surface area contributed by atoms with Crippen molar-refractivity contribution in [2.45, 2.75) is 13.1 Å². The topological polar surface area (TPSA) is 38.8 Å². The molecule has 0 amide bonds. The van der Waals surface area contributed by atoms with Crippen LogP contribution in [-0.4, -0.2) is 12.4 Å². The third-order valence-electron chi connectivity index (χ3n) is 3.36. The molecular weight excluding hydrogens is 409 g/mol. The summed E-state index contributed by atoms with van der Waals surface area (Å²) in [6.07, 6.45) is 3.61. The van der Waals surface area contributed by atoms with Gasteiger partial charge in [-0.1, -0.05) is 72.8 Å². The molecule has 0 saturated carbocycles. The van der Waals surface area contributed by atoms with Crippen molar-refractivity contribution in [1.82, 2.24) is 4.98 Å². The molecule has 26 heavy (non-hydrogen) atoms. The van der Waals surface area contributed by atoms with E-state index in [1.165, 1.54) is 11.1 Å². The summed E-state index contributed by atoms with van der Waals surface area (Å²) in [5, 5.41) is 0. The summed E-state index contributed by atoms with van der Waals surface area (Å²) in [5.74, 6) is 0. The van der Waals surface area contributed by atoms with E-state index in [0.29, 0.717) is 13.1 Å². The molecule has 0 aliphatic carbocycles. The molecule has 0 fully saturated rings. The summed E-state index contributed by atoms with van der Waals surface area (Å²) in [6.45, 7) is 1.34. The van der Waals surface area contributed by atoms with Crippen molar-refractivity contribution in [2.75, 3.05) is 0 Å². The van der Waals surface area contributed by atoms with Crippen molar-refractivity contribution in [3.05, 3.63) is 95.3 Å². The number of aliphatic imine (C=N–C) groups is 2. The Morgan fingerprint density at radius 1 is 0.692 bits per heavy atom. The van der Waals surface area contributed by atoms with Gasteiger partial charge < -0.3 is 4.98 Å². The van der Waals surface area contributed by atoms with E-state index in [0.717, 1.165) is 11.4 Å². The monoisotopic (exact) mass is 426 g/mol. The molecular formula is C20H18Cl2FeN3. The maximum atomic E-state index is 4.76. The Kier molecular flexibility index (Phi) is 9.84. The van der Waals surface area contributed by atoms with E-state index in [2.05, 4.69) is 39.2 Å². The molecule has 0 aliphatic heterocycles. The third-order valence-corrected chi connectivity index (χ3v) is 3.36. The standard InChI is InChI=1S/C20H18N3.2ClH.Fe/c1-3-7-17(8-4-1)13-21-15-19-11-12-20(23-19)16-22-14-18-9-5-2-6-10-18;;;/h1-12,15-16H,13-14H2;2*1H;/q-1;;;+3/p-2. The minimum absolute atomic E-state index is 0.194. The van der Waals surface area contributed by atoms with Crippen molar-refractivity contribution in [3.8, 4) is 0 Å². The van der Waals surface area contributed by atoms with E-state index in [4.69, 9.17) is 20.2 Å². The Morgan fingerprint density at radius 3 is 1.46 bits per heavy atom. The summed E-state index contributed by atoms with van der Waals surface area (Å²) in [6, 6.07) is 24.3. The normalized spacial score (nSPS) is 10.8. The SMILES string of the molecule is C(=NCc1ccccc1)c1ccc(C=NCc2ccccc2)[n-]1.[Cl][Fe+][Cl]. The van der Waals surface area contributed by atoms with Gasteiger partial charge in [0.2, 0.25) is 0 Å². The van der Waals surface area contributed by atoms with Gasteiger partial charge in [0.15, 0.2) is 0 Å². The number of benzene rings is 2. The average molecular weight is 427 g/mol. The van der Waals surface area contributed by atoms with Crippen molar-refractivity contribution in [1.29, 1.82) is 0 Å². The van der Waals surface area contributed by atoms with E-state index in [1.807, 2.05) is 61.0 Å².